The molecular formula is C22H31N3O3. The quantitative estimate of drug-likeness (QED) is 0.766. The second kappa shape index (κ2) is 7.94. The monoisotopic (exact) mass is 385 g/mol. The van der Waals surface area contributed by atoms with Crippen molar-refractivity contribution in [2.75, 3.05) is 19.6 Å². The van der Waals surface area contributed by atoms with Crippen LogP contribution in [-0.2, 0) is 21.5 Å². The summed E-state index contributed by atoms with van der Waals surface area (Å²) < 4.78 is 0. The largest absolute Gasteiger partial charge is 0.341 e. The van der Waals surface area contributed by atoms with Crippen LogP contribution in [0, 0.1) is 11.8 Å². The molecule has 0 saturated carbocycles. The Bertz CT molecular complexity index is 764. The normalized spacial score (nSPS) is 21.4. The van der Waals surface area contributed by atoms with Gasteiger partial charge in [-0.1, -0.05) is 52.0 Å². The third-order valence-corrected chi connectivity index (χ3v) is 5.47. The molecule has 1 aliphatic carbocycles. The van der Waals surface area contributed by atoms with Crippen molar-refractivity contribution in [1.82, 2.24) is 15.1 Å². The molecule has 0 unspecified atom stereocenters. The van der Waals surface area contributed by atoms with Crippen LogP contribution in [0.3, 0.4) is 0 Å². The van der Waals surface area contributed by atoms with E-state index in [-0.39, 0.29) is 18.4 Å². The van der Waals surface area contributed by atoms with E-state index in [2.05, 4.69) is 33.0 Å². The number of carbonyl (C=O) groups is 3. The highest BCUT2D eigenvalue weighted by Crippen LogP contribution is 2.39. The Balaban J connectivity index is 1.82. The first-order valence-electron chi connectivity index (χ1n) is 10.2. The summed E-state index contributed by atoms with van der Waals surface area (Å²) in [4.78, 5) is 41.8. The molecule has 6 nitrogen and oxygen atoms in total. The van der Waals surface area contributed by atoms with Crippen LogP contribution >= 0.6 is 0 Å². The number of fused-ring (bicyclic) bond motifs is 2. The van der Waals surface area contributed by atoms with E-state index >= 15 is 0 Å². The van der Waals surface area contributed by atoms with Crippen molar-refractivity contribution >= 4 is 17.8 Å². The summed E-state index contributed by atoms with van der Waals surface area (Å²) in [5.74, 6) is 0.170. The van der Waals surface area contributed by atoms with Crippen LogP contribution in [0.1, 0.15) is 51.7 Å². The molecule has 1 spiro atoms. The molecule has 3 rings (SSSR count). The van der Waals surface area contributed by atoms with Crippen LogP contribution in [0.4, 0.5) is 4.79 Å². The molecule has 2 aliphatic rings. The Labute approximate surface area is 167 Å². The zero-order chi connectivity index (χ0) is 20.5. The number of imide groups is 1. The molecule has 6 heteroatoms. The molecule has 4 amide bonds. The predicted octanol–water partition coefficient (Wildman–Crippen LogP) is 2.91. The molecule has 0 radical (unpaired) electrons. The Morgan fingerprint density at radius 1 is 1.14 bits per heavy atom. The number of nitrogens with one attached hydrogen (secondary N) is 1. The molecule has 28 heavy (non-hydrogen) atoms. The number of carbonyl (C=O) groups excluding carboxylic acids is 3. The summed E-state index contributed by atoms with van der Waals surface area (Å²) in [7, 11) is 0. The van der Waals surface area contributed by atoms with Gasteiger partial charge in [-0.15, -0.1) is 0 Å². The van der Waals surface area contributed by atoms with Gasteiger partial charge in [0.25, 0.3) is 5.91 Å². The average molecular weight is 386 g/mol. The third kappa shape index (κ3) is 3.77. The van der Waals surface area contributed by atoms with Crippen LogP contribution in [0.15, 0.2) is 24.3 Å². The van der Waals surface area contributed by atoms with E-state index in [0.717, 1.165) is 28.9 Å². The molecule has 0 bridgehead atoms. The molecule has 1 fully saturated rings. The van der Waals surface area contributed by atoms with Gasteiger partial charge in [-0.3, -0.25) is 14.5 Å². The molecule has 1 aromatic rings. The SMILES string of the molecule is CC(C)CN(CC(C)C)C(=O)CN1C(=O)N[C@]2(CCCc3ccccc32)C1=O. The summed E-state index contributed by atoms with van der Waals surface area (Å²) in [5, 5.41) is 2.92. The van der Waals surface area contributed by atoms with Crippen LogP contribution in [0.5, 0.6) is 0 Å². The van der Waals surface area contributed by atoms with Crippen LogP contribution in [-0.4, -0.2) is 47.3 Å². The summed E-state index contributed by atoms with van der Waals surface area (Å²) >= 11 is 0. The van der Waals surface area contributed by atoms with Crippen LogP contribution in [0.25, 0.3) is 0 Å². The topological polar surface area (TPSA) is 69.7 Å². The first kappa shape index (κ1) is 20.4. The van der Waals surface area contributed by atoms with Crippen molar-refractivity contribution in [1.29, 1.82) is 0 Å². The van der Waals surface area contributed by atoms with Gasteiger partial charge < -0.3 is 10.2 Å². The second-order valence-corrected chi connectivity index (χ2v) is 8.82. The lowest BCUT2D eigenvalue weighted by molar-refractivity contribution is -0.140. The number of amides is 4. The summed E-state index contributed by atoms with van der Waals surface area (Å²) in [5.41, 5.74) is 0.945. The molecule has 1 heterocycles. The van der Waals surface area contributed by atoms with Crippen molar-refractivity contribution in [3.8, 4) is 0 Å². The fourth-order valence-corrected chi connectivity index (χ4v) is 4.35. The standard InChI is InChI=1S/C22H31N3O3/c1-15(2)12-24(13-16(3)4)19(26)14-25-20(27)22(23-21(25)28)11-7-9-17-8-5-6-10-18(17)22/h5-6,8,10,15-16H,7,9,11-14H2,1-4H3,(H,23,28)/t22-/m0/s1. The Hall–Kier alpha value is -2.37. The molecule has 1 atom stereocenters. The highest BCUT2D eigenvalue weighted by atomic mass is 16.2. The summed E-state index contributed by atoms with van der Waals surface area (Å²) in [6.07, 6.45) is 2.30. The van der Waals surface area contributed by atoms with Gasteiger partial charge in [0, 0.05) is 13.1 Å². The molecular weight excluding hydrogens is 354 g/mol. The fraction of sp³-hybridized carbons (Fsp3) is 0.591. The first-order valence-corrected chi connectivity index (χ1v) is 10.2. The number of hydrogen-bond acceptors (Lipinski definition) is 3. The zero-order valence-corrected chi connectivity index (χ0v) is 17.3. The molecule has 1 aromatic carbocycles. The number of nitrogens with zero attached hydrogens (tertiary/aromatic N) is 2. The fourth-order valence-electron chi connectivity index (χ4n) is 4.35. The smallest absolute Gasteiger partial charge is 0.325 e. The van der Waals surface area contributed by atoms with Gasteiger partial charge in [-0.05, 0) is 42.2 Å². The maximum Gasteiger partial charge on any atom is 0.325 e. The minimum absolute atomic E-state index is 0.174. The molecule has 1 saturated heterocycles. The van der Waals surface area contributed by atoms with Crippen LogP contribution < -0.4 is 5.32 Å². The number of aryl methyl sites for hydroxylation is 1. The maximum atomic E-state index is 13.3. The lowest BCUT2D eigenvalue weighted by Crippen LogP contribution is -2.48. The van der Waals surface area contributed by atoms with E-state index in [1.165, 1.54) is 0 Å². The van der Waals surface area contributed by atoms with Crippen LogP contribution in [0.2, 0.25) is 0 Å². The first-order chi connectivity index (χ1) is 13.2. The van der Waals surface area contributed by atoms with E-state index in [0.29, 0.717) is 31.3 Å². The van der Waals surface area contributed by atoms with Gasteiger partial charge in [-0.2, -0.15) is 0 Å². The van der Waals surface area contributed by atoms with Crippen molar-refractivity contribution in [3.05, 3.63) is 35.4 Å². The summed E-state index contributed by atoms with van der Waals surface area (Å²) in [6, 6.07) is 7.31. The van der Waals surface area contributed by atoms with E-state index in [1.54, 1.807) is 4.90 Å². The van der Waals surface area contributed by atoms with Crippen molar-refractivity contribution < 1.29 is 14.4 Å². The van der Waals surface area contributed by atoms with Gasteiger partial charge in [0.2, 0.25) is 5.91 Å². The van der Waals surface area contributed by atoms with E-state index in [9.17, 15) is 14.4 Å². The predicted molar refractivity (Wildman–Crippen MR) is 108 cm³/mol. The molecule has 0 aromatic heterocycles. The Morgan fingerprint density at radius 3 is 2.43 bits per heavy atom. The van der Waals surface area contributed by atoms with Gasteiger partial charge >= 0.3 is 6.03 Å². The highest BCUT2D eigenvalue weighted by molar-refractivity contribution is 6.09. The van der Waals surface area contributed by atoms with E-state index in [1.807, 2.05) is 24.3 Å². The maximum absolute atomic E-state index is 13.3. The summed E-state index contributed by atoms with van der Waals surface area (Å²) in [6.45, 7) is 9.27. The second-order valence-electron chi connectivity index (χ2n) is 8.82. The molecule has 152 valence electrons. The number of hydrogen-bond donors (Lipinski definition) is 1. The highest BCUT2D eigenvalue weighted by Gasteiger charge is 2.54. The lowest BCUT2D eigenvalue weighted by Gasteiger charge is -2.33. The number of rotatable bonds is 6. The average Bonchev–Trinajstić information content (AvgIpc) is 2.85. The van der Waals surface area contributed by atoms with Gasteiger partial charge in [-0.25, -0.2) is 4.79 Å². The zero-order valence-electron chi connectivity index (χ0n) is 17.3. The van der Waals surface area contributed by atoms with Crippen molar-refractivity contribution in [3.63, 3.8) is 0 Å². The minimum atomic E-state index is -1.02. The third-order valence-electron chi connectivity index (χ3n) is 5.47. The molecule has 1 N–H and O–H groups in total. The van der Waals surface area contributed by atoms with Crippen molar-refractivity contribution in [2.24, 2.45) is 11.8 Å². The van der Waals surface area contributed by atoms with E-state index < -0.39 is 11.6 Å². The van der Waals surface area contributed by atoms with Gasteiger partial charge in [0.15, 0.2) is 0 Å². The molecule has 1 aliphatic heterocycles. The minimum Gasteiger partial charge on any atom is -0.341 e. The number of benzene rings is 1. The number of urea groups is 1. The van der Waals surface area contributed by atoms with Gasteiger partial charge in [0.1, 0.15) is 12.1 Å². The van der Waals surface area contributed by atoms with Gasteiger partial charge in [0.05, 0.1) is 0 Å². The Kier molecular flexibility index (Phi) is 5.77. The van der Waals surface area contributed by atoms with E-state index in [4.69, 9.17) is 0 Å². The lowest BCUT2D eigenvalue weighted by atomic mass is 9.76. The Morgan fingerprint density at radius 2 is 1.79 bits per heavy atom. The van der Waals surface area contributed by atoms with Crippen molar-refractivity contribution in [2.45, 2.75) is 52.5 Å².